The molecule has 33 heavy (non-hydrogen) atoms. The summed E-state index contributed by atoms with van der Waals surface area (Å²) in [5, 5.41) is 2.73. The van der Waals surface area contributed by atoms with Gasteiger partial charge in [0.2, 0.25) is 5.75 Å². The maximum absolute atomic E-state index is 13.0. The number of cyclic esters (lactones) is 1. The molecule has 0 spiro atoms. The molecule has 182 valence electrons. The SMILES string of the molecule is COc1ccnc(C(=O)N[C@H]2CCCCC(CC3CCCC3)CC(C)OC2=O)c1OC(C)=O. The zero-order chi connectivity index (χ0) is 23.8. The van der Waals surface area contributed by atoms with Crippen molar-refractivity contribution in [1.82, 2.24) is 10.3 Å². The number of aromatic nitrogens is 1. The van der Waals surface area contributed by atoms with E-state index in [0.29, 0.717) is 12.3 Å². The van der Waals surface area contributed by atoms with E-state index in [1.165, 1.54) is 58.4 Å². The Kier molecular flexibility index (Phi) is 9.09. The van der Waals surface area contributed by atoms with Gasteiger partial charge in [0.15, 0.2) is 11.4 Å². The summed E-state index contributed by atoms with van der Waals surface area (Å²) in [6.07, 6.45) is 12.0. The van der Waals surface area contributed by atoms with Gasteiger partial charge in [0, 0.05) is 19.2 Å². The van der Waals surface area contributed by atoms with Crippen molar-refractivity contribution in [3.05, 3.63) is 18.0 Å². The number of ether oxygens (including phenoxy) is 3. The summed E-state index contributed by atoms with van der Waals surface area (Å²) < 4.78 is 16.1. The quantitative estimate of drug-likeness (QED) is 0.634. The first-order chi connectivity index (χ1) is 15.9. The molecule has 1 aromatic rings. The second kappa shape index (κ2) is 12.0. The summed E-state index contributed by atoms with van der Waals surface area (Å²) in [6, 6.07) is 0.709. The van der Waals surface area contributed by atoms with E-state index < -0.39 is 23.9 Å². The largest absolute Gasteiger partial charge is 0.493 e. The van der Waals surface area contributed by atoms with Crippen molar-refractivity contribution in [2.45, 2.75) is 90.2 Å². The van der Waals surface area contributed by atoms with Crippen LogP contribution in [0.4, 0.5) is 0 Å². The van der Waals surface area contributed by atoms with Crippen molar-refractivity contribution in [1.29, 1.82) is 0 Å². The van der Waals surface area contributed by atoms with Gasteiger partial charge in [0.05, 0.1) is 13.2 Å². The van der Waals surface area contributed by atoms with Crippen LogP contribution in [0.1, 0.15) is 88.5 Å². The Morgan fingerprint density at radius 2 is 1.79 bits per heavy atom. The number of esters is 2. The van der Waals surface area contributed by atoms with Gasteiger partial charge in [-0.1, -0.05) is 44.9 Å². The number of pyridine rings is 1. The van der Waals surface area contributed by atoms with Gasteiger partial charge >= 0.3 is 11.9 Å². The first-order valence-electron chi connectivity index (χ1n) is 12.1. The normalized spacial score (nSPS) is 24.6. The van der Waals surface area contributed by atoms with Gasteiger partial charge in [-0.05, 0) is 38.0 Å². The van der Waals surface area contributed by atoms with E-state index in [9.17, 15) is 14.4 Å². The fourth-order valence-electron chi connectivity index (χ4n) is 5.10. The Bertz CT molecular complexity index is 836. The standard InChI is InChI=1S/C25H36N2O6/c1-16-14-19(15-18-8-4-5-9-18)10-6-7-11-20(25(30)32-16)27-24(29)22-23(33-17(2)28)21(31-3)12-13-26-22/h12-13,16,18-20H,4-11,14-15H2,1-3H3,(H,27,29)/t16?,19?,20-/m0/s1. The summed E-state index contributed by atoms with van der Waals surface area (Å²) >= 11 is 0. The highest BCUT2D eigenvalue weighted by Gasteiger charge is 2.30. The minimum atomic E-state index is -0.787. The Morgan fingerprint density at radius 1 is 1.12 bits per heavy atom. The molecule has 0 bridgehead atoms. The fourth-order valence-corrected chi connectivity index (χ4v) is 5.10. The minimum absolute atomic E-state index is 0.0682. The zero-order valence-corrected chi connectivity index (χ0v) is 19.9. The highest BCUT2D eigenvalue weighted by atomic mass is 16.6. The fraction of sp³-hybridized carbons (Fsp3) is 0.680. The Labute approximate surface area is 195 Å². The van der Waals surface area contributed by atoms with Gasteiger partial charge in [-0.25, -0.2) is 9.78 Å². The van der Waals surface area contributed by atoms with Crippen LogP contribution in [0, 0.1) is 11.8 Å². The smallest absolute Gasteiger partial charge is 0.328 e. The number of nitrogens with one attached hydrogen (secondary N) is 1. The molecule has 1 aliphatic heterocycles. The summed E-state index contributed by atoms with van der Waals surface area (Å²) in [7, 11) is 1.41. The molecule has 1 saturated carbocycles. The molecule has 1 saturated heterocycles. The van der Waals surface area contributed by atoms with Gasteiger partial charge in [-0.15, -0.1) is 0 Å². The second-order valence-corrected chi connectivity index (χ2v) is 9.33. The molecule has 8 nitrogen and oxygen atoms in total. The molecule has 2 fully saturated rings. The third-order valence-electron chi connectivity index (χ3n) is 6.62. The van der Waals surface area contributed by atoms with E-state index >= 15 is 0 Å². The Hall–Kier alpha value is -2.64. The van der Waals surface area contributed by atoms with Crippen molar-refractivity contribution in [2.24, 2.45) is 11.8 Å². The van der Waals surface area contributed by atoms with E-state index in [-0.39, 0.29) is 23.3 Å². The van der Waals surface area contributed by atoms with E-state index in [0.717, 1.165) is 31.6 Å². The predicted octanol–water partition coefficient (Wildman–Crippen LogP) is 4.21. The van der Waals surface area contributed by atoms with Crippen molar-refractivity contribution >= 4 is 17.8 Å². The number of amides is 1. The van der Waals surface area contributed by atoms with Crippen LogP contribution in [0.2, 0.25) is 0 Å². The summed E-state index contributed by atoms with van der Waals surface area (Å²) in [4.78, 5) is 41.4. The third-order valence-corrected chi connectivity index (χ3v) is 6.62. The molecular formula is C25H36N2O6. The van der Waals surface area contributed by atoms with Crippen LogP contribution in [-0.2, 0) is 14.3 Å². The van der Waals surface area contributed by atoms with Gasteiger partial charge in [0.25, 0.3) is 5.91 Å². The van der Waals surface area contributed by atoms with Crippen molar-refractivity contribution in [3.8, 4) is 11.5 Å². The first kappa shape index (κ1) is 25.0. The first-order valence-corrected chi connectivity index (χ1v) is 12.1. The molecule has 2 unspecified atom stereocenters. The molecule has 0 aromatic carbocycles. The van der Waals surface area contributed by atoms with Crippen LogP contribution in [0.5, 0.6) is 11.5 Å². The average molecular weight is 461 g/mol. The van der Waals surface area contributed by atoms with E-state index in [2.05, 4.69) is 10.3 Å². The van der Waals surface area contributed by atoms with Crippen molar-refractivity contribution in [2.75, 3.05) is 7.11 Å². The topological polar surface area (TPSA) is 104 Å². The summed E-state index contributed by atoms with van der Waals surface area (Å²) in [5.74, 6) is -0.120. The molecule has 2 heterocycles. The van der Waals surface area contributed by atoms with Crippen LogP contribution < -0.4 is 14.8 Å². The van der Waals surface area contributed by atoms with Gasteiger partial charge < -0.3 is 19.5 Å². The number of hydrogen-bond donors (Lipinski definition) is 1. The minimum Gasteiger partial charge on any atom is -0.493 e. The molecule has 3 atom stereocenters. The van der Waals surface area contributed by atoms with Crippen LogP contribution >= 0.6 is 0 Å². The molecule has 2 aliphatic rings. The lowest BCUT2D eigenvalue weighted by Crippen LogP contribution is -2.43. The maximum atomic E-state index is 13.0. The molecule has 1 aliphatic carbocycles. The second-order valence-electron chi connectivity index (χ2n) is 9.33. The highest BCUT2D eigenvalue weighted by molar-refractivity contribution is 5.98. The van der Waals surface area contributed by atoms with Crippen LogP contribution in [-0.4, -0.2) is 42.1 Å². The van der Waals surface area contributed by atoms with E-state index in [4.69, 9.17) is 14.2 Å². The number of carbonyl (C=O) groups excluding carboxylic acids is 3. The Balaban J connectivity index is 1.66. The molecule has 1 N–H and O–H groups in total. The maximum Gasteiger partial charge on any atom is 0.328 e. The number of hydrogen-bond acceptors (Lipinski definition) is 7. The monoisotopic (exact) mass is 460 g/mol. The third kappa shape index (κ3) is 7.17. The van der Waals surface area contributed by atoms with Crippen molar-refractivity contribution in [3.63, 3.8) is 0 Å². The predicted molar refractivity (Wildman–Crippen MR) is 122 cm³/mol. The lowest BCUT2D eigenvalue weighted by atomic mass is 9.85. The lowest BCUT2D eigenvalue weighted by molar-refractivity contribution is -0.152. The number of rotatable bonds is 6. The van der Waals surface area contributed by atoms with Gasteiger partial charge in [0.1, 0.15) is 6.04 Å². The molecule has 8 heteroatoms. The molecular weight excluding hydrogens is 424 g/mol. The molecule has 3 rings (SSSR count). The van der Waals surface area contributed by atoms with Crippen LogP contribution in [0.15, 0.2) is 12.3 Å². The highest BCUT2D eigenvalue weighted by Crippen LogP contribution is 2.35. The number of nitrogens with zero attached hydrogens (tertiary/aromatic N) is 1. The van der Waals surface area contributed by atoms with Crippen LogP contribution in [0.3, 0.4) is 0 Å². The van der Waals surface area contributed by atoms with Gasteiger partial charge in [-0.3, -0.25) is 9.59 Å². The molecule has 1 aromatic heterocycles. The lowest BCUT2D eigenvalue weighted by Gasteiger charge is -2.27. The molecule has 1 amide bonds. The van der Waals surface area contributed by atoms with E-state index in [1.807, 2.05) is 6.92 Å². The average Bonchev–Trinajstić information content (AvgIpc) is 3.27. The summed E-state index contributed by atoms with van der Waals surface area (Å²) in [6.45, 7) is 3.16. The molecule has 0 radical (unpaired) electrons. The zero-order valence-electron chi connectivity index (χ0n) is 19.9. The van der Waals surface area contributed by atoms with Crippen molar-refractivity contribution < 1.29 is 28.6 Å². The number of methoxy groups -OCH3 is 1. The Morgan fingerprint density at radius 3 is 2.45 bits per heavy atom. The van der Waals surface area contributed by atoms with Crippen LogP contribution in [0.25, 0.3) is 0 Å². The van der Waals surface area contributed by atoms with E-state index in [1.54, 1.807) is 0 Å². The van der Waals surface area contributed by atoms with Gasteiger partial charge in [-0.2, -0.15) is 0 Å². The summed E-state index contributed by atoms with van der Waals surface area (Å²) in [5.41, 5.74) is -0.112. The number of carbonyl (C=O) groups is 3.